The van der Waals surface area contributed by atoms with E-state index in [1.54, 1.807) is 0 Å². The van der Waals surface area contributed by atoms with Crippen LogP contribution in [-0.4, -0.2) is 140 Å². The standard InChI is InChI=1S/C58H111NO13/c1-3-5-7-9-11-13-15-17-19-20-21-22-23-24-25-26-28-30-32-34-36-38-40-42-50(63)59-46(47(62)41-39-37-35-33-31-29-27-18-16-14-12-10-8-6-4-2)45-69-57-55(68)53(66)56(49(44-61)71-57)72-58-54(67)52(65)51(64)48(43-60)70-58/h20-21,46-49,51-58,60-62,64-68H,3-19,22-45H2,1-2H3,(H,59,63)/b21-20-. The monoisotopic (exact) mass is 1030 g/mol. The normalized spacial score (nSPS) is 25.6. The van der Waals surface area contributed by atoms with E-state index < -0.39 is 86.8 Å². The summed E-state index contributed by atoms with van der Waals surface area (Å²) in [5.41, 5.74) is 0. The Morgan fingerprint density at radius 1 is 0.486 bits per heavy atom. The summed E-state index contributed by atoms with van der Waals surface area (Å²) in [4.78, 5) is 13.3. The molecule has 0 radical (unpaired) electrons. The highest BCUT2D eigenvalue weighted by atomic mass is 16.7. The lowest BCUT2D eigenvalue weighted by atomic mass is 9.97. The van der Waals surface area contributed by atoms with E-state index in [2.05, 4.69) is 31.3 Å². The topological polar surface area (TPSA) is 228 Å². The van der Waals surface area contributed by atoms with Gasteiger partial charge in [0.15, 0.2) is 12.6 Å². The van der Waals surface area contributed by atoms with Crippen molar-refractivity contribution in [3.8, 4) is 0 Å². The molecule has 14 nitrogen and oxygen atoms in total. The van der Waals surface area contributed by atoms with E-state index in [1.807, 2.05) is 0 Å². The first-order valence-corrected chi connectivity index (χ1v) is 29.9. The quantitative estimate of drug-likeness (QED) is 0.0205. The summed E-state index contributed by atoms with van der Waals surface area (Å²) in [7, 11) is 0. The van der Waals surface area contributed by atoms with Gasteiger partial charge in [-0.1, -0.05) is 225 Å². The molecular weight excluding hydrogens is 919 g/mol. The minimum absolute atomic E-state index is 0.204. The summed E-state index contributed by atoms with van der Waals surface area (Å²) < 4.78 is 22.8. The third kappa shape index (κ3) is 30.5. The molecule has 0 aromatic rings. The molecule has 0 aromatic carbocycles. The zero-order valence-electron chi connectivity index (χ0n) is 45.7. The van der Waals surface area contributed by atoms with Crippen molar-refractivity contribution in [1.29, 1.82) is 0 Å². The second-order valence-electron chi connectivity index (χ2n) is 21.5. The molecule has 0 spiro atoms. The highest BCUT2D eigenvalue weighted by Gasteiger charge is 2.51. The van der Waals surface area contributed by atoms with Crippen molar-refractivity contribution in [3.05, 3.63) is 12.2 Å². The van der Waals surface area contributed by atoms with Gasteiger partial charge >= 0.3 is 0 Å². The maximum Gasteiger partial charge on any atom is 0.220 e. The van der Waals surface area contributed by atoms with Crippen LogP contribution in [-0.2, 0) is 23.7 Å². The Kier molecular flexibility index (Phi) is 41.6. The van der Waals surface area contributed by atoms with Gasteiger partial charge in [0, 0.05) is 6.42 Å². The van der Waals surface area contributed by atoms with Crippen molar-refractivity contribution in [2.45, 2.75) is 331 Å². The lowest BCUT2D eigenvalue weighted by Gasteiger charge is -2.46. The van der Waals surface area contributed by atoms with Crippen LogP contribution >= 0.6 is 0 Å². The molecule has 0 saturated carbocycles. The molecule has 12 atom stereocenters. The van der Waals surface area contributed by atoms with Crippen LogP contribution in [0, 0.1) is 0 Å². The van der Waals surface area contributed by atoms with Gasteiger partial charge in [-0.05, 0) is 38.5 Å². The van der Waals surface area contributed by atoms with Crippen LogP contribution in [0.3, 0.4) is 0 Å². The number of ether oxygens (including phenoxy) is 4. The van der Waals surface area contributed by atoms with Crippen molar-refractivity contribution in [3.63, 3.8) is 0 Å². The Morgan fingerprint density at radius 3 is 1.32 bits per heavy atom. The van der Waals surface area contributed by atoms with E-state index in [-0.39, 0.29) is 12.5 Å². The SMILES string of the molecule is CCCCCCCCCC/C=C\CCCCCCCCCCCCCC(=O)NC(COC1OC(CO)C(OC2OC(CO)C(O)C(O)C2O)C(O)C1O)C(O)CCCCCCCCCCCCCCCCC. The van der Waals surface area contributed by atoms with E-state index >= 15 is 0 Å². The molecule has 0 bridgehead atoms. The van der Waals surface area contributed by atoms with Crippen molar-refractivity contribution in [2.24, 2.45) is 0 Å². The van der Waals surface area contributed by atoms with Crippen LogP contribution in [0.5, 0.6) is 0 Å². The predicted octanol–water partition coefficient (Wildman–Crippen LogP) is 9.89. The number of hydrogen-bond donors (Lipinski definition) is 9. The number of amides is 1. The number of hydrogen-bond acceptors (Lipinski definition) is 13. The second kappa shape index (κ2) is 44.8. The lowest BCUT2D eigenvalue weighted by Crippen LogP contribution is -2.65. The first-order chi connectivity index (χ1) is 35.1. The fourth-order valence-electron chi connectivity index (χ4n) is 10.1. The third-order valence-corrected chi connectivity index (χ3v) is 15.0. The van der Waals surface area contributed by atoms with Gasteiger partial charge in [0.25, 0.3) is 0 Å². The number of aliphatic hydroxyl groups is 8. The molecule has 2 aliphatic rings. The molecule has 426 valence electrons. The minimum atomic E-state index is -1.78. The summed E-state index contributed by atoms with van der Waals surface area (Å²) in [5, 5.41) is 87.2. The van der Waals surface area contributed by atoms with Gasteiger partial charge in [-0.3, -0.25) is 4.79 Å². The Labute approximate surface area is 437 Å². The fraction of sp³-hybridized carbons (Fsp3) is 0.948. The molecule has 2 rings (SSSR count). The fourth-order valence-corrected chi connectivity index (χ4v) is 10.1. The van der Waals surface area contributed by atoms with Crippen LogP contribution in [0.15, 0.2) is 12.2 Å². The molecule has 12 unspecified atom stereocenters. The van der Waals surface area contributed by atoms with Crippen LogP contribution in [0.4, 0.5) is 0 Å². The van der Waals surface area contributed by atoms with Gasteiger partial charge in [-0.2, -0.15) is 0 Å². The number of rotatable bonds is 48. The minimum Gasteiger partial charge on any atom is -0.394 e. The maximum absolute atomic E-state index is 13.3. The maximum atomic E-state index is 13.3. The molecule has 9 N–H and O–H groups in total. The number of allylic oxidation sites excluding steroid dienone is 2. The summed E-state index contributed by atoms with van der Waals surface area (Å²) in [5.74, 6) is -0.204. The van der Waals surface area contributed by atoms with Crippen molar-refractivity contribution in [1.82, 2.24) is 5.32 Å². The zero-order chi connectivity index (χ0) is 52.4. The smallest absolute Gasteiger partial charge is 0.220 e. The van der Waals surface area contributed by atoms with Crippen LogP contribution in [0.2, 0.25) is 0 Å². The number of unbranched alkanes of at least 4 members (excludes halogenated alkanes) is 33. The molecule has 2 saturated heterocycles. The van der Waals surface area contributed by atoms with E-state index in [1.165, 1.54) is 180 Å². The summed E-state index contributed by atoms with van der Waals surface area (Å²) in [6.07, 6.45) is 33.5. The van der Waals surface area contributed by atoms with Gasteiger partial charge in [-0.25, -0.2) is 0 Å². The van der Waals surface area contributed by atoms with E-state index in [0.29, 0.717) is 12.8 Å². The van der Waals surface area contributed by atoms with Crippen molar-refractivity contribution >= 4 is 5.91 Å². The largest absolute Gasteiger partial charge is 0.394 e. The number of aliphatic hydroxyl groups excluding tert-OH is 8. The number of carbonyl (C=O) groups is 1. The van der Waals surface area contributed by atoms with Gasteiger partial charge in [0.1, 0.15) is 48.8 Å². The average Bonchev–Trinajstić information content (AvgIpc) is 3.38. The van der Waals surface area contributed by atoms with Crippen molar-refractivity contribution in [2.75, 3.05) is 19.8 Å². The molecule has 2 aliphatic heterocycles. The van der Waals surface area contributed by atoms with Crippen LogP contribution in [0.1, 0.15) is 258 Å². The van der Waals surface area contributed by atoms with E-state index in [4.69, 9.17) is 18.9 Å². The first kappa shape index (κ1) is 66.8. The molecule has 2 fully saturated rings. The summed E-state index contributed by atoms with van der Waals surface area (Å²) in [6, 6.07) is -0.825. The number of nitrogens with one attached hydrogen (secondary N) is 1. The second-order valence-corrected chi connectivity index (χ2v) is 21.5. The average molecular weight is 1030 g/mol. The summed E-state index contributed by atoms with van der Waals surface area (Å²) >= 11 is 0. The Balaban J connectivity index is 1.73. The Bertz CT molecular complexity index is 1260. The molecule has 0 aliphatic carbocycles. The van der Waals surface area contributed by atoms with E-state index in [0.717, 1.165) is 51.4 Å². The summed E-state index contributed by atoms with van der Waals surface area (Å²) in [6.45, 7) is 2.88. The van der Waals surface area contributed by atoms with Gasteiger partial charge < -0.3 is 65.1 Å². The van der Waals surface area contributed by atoms with Gasteiger partial charge in [0.2, 0.25) is 5.91 Å². The van der Waals surface area contributed by atoms with E-state index in [9.17, 15) is 45.6 Å². The van der Waals surface area contributed by atoms with Gasteiger partial charge in [-0.15, -0.1) is 0 Å². The number of carbonyl (C=O) groups excluding carboxylic acids is 1. The first-order valence-electron chi connectivity index (χ1n) is 29.9. The molecule has 2 heterocycles. The molecule has 1 amide bonds. The predicted molar refractivity (Wildman–Crippen MR) is 286 cm³/mol. The molecule has 72 heavy (non-hydrogen) atoms. The van der Waals surface area contributed by atoms with Crippen molar-refractivity contribution < 1.29 is 64.6 Å². The molecule has 0 aromatic heterocycles. The zero-order valence-corrected chi connectivity index (χ0v) is 45.7. The van der Waals surface area contributed by atoms with Crippen LogP contribution in [0.25, 0.3) is 0 Å². The lowest BCUT2D eigenvalue weighted by molar-refractivity contribution is -0.359. The Morgan fingerprint density at radius 2 is 0.875 bits per heavy atom. The molecule has 14 heteroatoms. The van der Waals surface area contributed by atoms with Gasteiger partial charge in [0.05, 0.1) is 32.0 Å². The van der Waals surface area contributed by atoms with Crippen LogP contribution < -0.4 is 5.32 Å². The highest BCUT2D eigenvalue weighted by Crippen LogP contribution is 2.30. The third-order valence-electron chi connectivity index (χ3n) is 15.0. The molecular formula is C58H111NO13. The highest BCUT2D eigenvalue weighted by molar-refractivity contribution is 5.76. The Hall–Kier alpha value is -1.27.